The molecule has 0 amide bonds. The summed E-state index contributed by atoms with van der Waals surface area (Å²) < 4.78 is 5.69. The summed E-state index contributed by atoms with van der Waals surface area (Å²) in [7, 11) is 0. The Kier molecular flexibility index (Phi) is 3.45. The highest BCUT2D eigenvalue weighted by Crippen LogP contribution is 2.51. The van der Waals surface area contributed by atoms with Gasteiger partial charge in [-0.25, -0.2) is 0 Å². The van der Waals surface area contributed by atoms with Crippen molar-refractivity contribution in [1.82, 2.24) is 0 Å². The normalized spacial score (nSPS) is 17.5. The van der Waals surface area contributed by atoms with Gasteiger partial charge < -0.3 is 9.84 Å². The molecule has 0 radical (unpaired) electrons. The van der Waals surface area contributed by atoms with Gasteiger partial charge in [-0.3, -0.25) is 0 Å². The Morgan fingerprint density at radius 2 is 1.94 bits per heavy atom. The molecule has 2 rings (SSSR count). The Hall–Kier alpha value is -0.670. The van der Waals surface area contributed by atoms with Crippen molar-refractivity contribution in [2.45, 2.75) is 42.4 Å². The summed E-state index contributed by atoms with van der Waals surface area (Å²) in [5, 5.41) is 9.25. The molecule has 88 valence electrons. The molecule has 3 heteroatoms. The van der Waals surface area contributed by atoms with E-state index in [0.717, 1.165) is 18.6 Å². The highest BCUT2D eigenvalue weighted by molar-refractivity contribution is 8.01. The third-order valence-electron chi connectivity index (χ3n) is 2.63. The molecule has 1 aliphatic carbocycles. The molecule has 1 fully saturated rings. The minimum Gasteiger partial charge on any atom is -0.491 e. The van der Waals surface area contributed by atoms with Crippen LogP contribution in [0.2, 0.25) is 0 Å². The predicted octanol–water partition coefficient (Wildman–Crippen LogP) is 3.09. The van der Waals surface area contributed by atoms with Crippen LogP contribution in [0.25, 0.3) is 0 Å². The molecule has 0 aromatic heterocycles. The number of aliphatic hydroxyl groups is 1. The zero-order chi connectivity index (χ0) is 11.6. The fourth-order valence-electron chi connectivity index (χ4n) is 1.54. The van der Waals surface area contributed by atoms with Crippen molar-refractivity contribution in [3.63, 3.8) is 0 Å². The SMILES string of the molecule is CC(C)Oc1ccc(SC2(CO)CC2)cc1. The van der Waals surface area contributed by atoms with Crippen molar-refractivity contribution < 1.29 is 9.84 Å². The highest BCUT2D eigenvalue weighted by atomic mass is 32.2. The molecule has 1 aliphatic rings. The van der Waals surface area contributed by atoms with Gasteiger partial charge >= 0.3 is 0 Å². The van der Waals surface area contributed by atoms with Gasteiger partial charge in [-0.1, -0.05) is 0 Å². The largest absolute Gasteiger partial charge is 0.491 e. The van der Waals surface area contributed by atoms with Gasteiger partial charge in [0.15, 0.2) is 0 Å². The Morgan fingerprint density at radius 1 is 1.31 bits per heavy atom. The van der Waals surface area contributed by atoms with Gasteiger partial charge in [-0.05, 0) is 51.0 Å². The van der Waals surface area contributed by atoms with Crippen molar-refractivity contribution in [3.05, 3.63) is 24.3 Å². The van der Waals surface area contributed by atoms with Crippen LogP contribution in [0.1, 0.15) is 26.7 Å². The quantitative estimate of drug-likeness (QED) is 0.854. The lowest BCUT2D eigenvalue weighted by molar-refractivity contribution is 0.242. The lowest BCUT2D eigenvalue weighted by Crippen LogP contribution is -2.08. The molecule has 1 saturated carbocycles. The lowest BCUT2D eigenvalue weighted by Gasteiger charge is -2.13. The average Bonchev–Trinajstić information content (AvgIpc) is 3.01. The molecular formula is C13H18O2S. The van der Waals surface area contributed by atoms with E-state index in [1.807, 2.05) is 26.0 Å². The molecule has 1 aromatic carbocycles. The van der Waals surface area contributed by atoms with E-state index in [2.05, 4.69) is 12.1 Å². The second-order valence-corrected chi connectivity index (χ2v) is 6.12. The number of ether oxygens (including phenoxy) is 1. The van der Waals surface area contributed by atoms with Crippen LogP contribution >= 0.6 is 11.8 Å². The molecule has 0 saturated heterocycles. The van der Waals surface area contributed by atoms with Crippen LogP contribution in [0.15, 0.2) is 29.2 Å². The topological polar surface area (TPSA) is 29.5 Å². The summed E-state index contributed by atoms with van der Waals surface area (Å²) in [6.07, 6.45) is 2.46. The summed E-state index contributed by atoms with van der Waals surface area (Å²) in [4.78, 5) is 1.21. The minimum absolute atomic E-state index is 0.112. The lowest BCUT2D eigenvalue weighted by atomic mass is 10.3. The standard InChI is InChI=1S/C13H18O2S/c1-10(2)15-11-3-5-12(6-4-11)16-13(9-14)7-8-13/h3-6,10,14H,7-9H2,1-2H3. The first-order chi connectivity index (χ1) is 7.63. The molecule has 16 heavy (non-hydrogen) atoms. The van der Waals surface area contributed by atoms with Crippen molar-refractivity contribution in [1.29, 1.82) is 0 Å². The van der Waals surface area contributed by atoms with Crippen LogP contribution in [-0.2, 0) is 0 Å². The maximum Gasteiger partial charge on any atom is 0.119 e. The Morgan fingerprint density at radius 3 is 2.38 bits per heavy atom. The first-order valence-corrected chi connectivity index (χ1v) is 6.52. The number of benzene rings is 1. The predicted molar refractivity (Wildman–Crippen MR) is 67.1 cm³/mol. The van der Waals surface area contributed by atoms with Crippen LogP contribution in [0.3, 0.4) is 0 Å². The van der Waals surface area contributed by atoms with Crippen molar-refractivity contribution in [2.24, 2.45) is 0 Å². The minimum atomic E-state index is 0.112. The van der Waals surface area contributed by atoms with Crippen LogP contribution in [0.5, 0.6) is 5.75 Å². The fraction of sp³-hybridized carbons (Fsp3) is 0.538. The van der Waals surface area contributed by atoms with Gasteiger partial charge in [0.25, 0.3) is 0 Å². The summed E-state index contributed by atoms with van der Waals surface area (Å²) in [6, 6.07) is 8.13. The van der Waals surface area contributed by atoms with Crippen molar-refractivity contribution in [3.8, 4) is 5.75 Å². The molecule has 0 atom stereocenters. The zero-order valence-corrected chi connectivity index (χ0v) is 10.6. The van der Waals surface area contributed by atoms with Crippen molar-refractivity contribution >= 4 is 11.8 Å². The molecule has 0 bridgehead atoms. The van der Waals surface area contributed by atoms with E-state index in [1.165, 1.54) is 4.90 Å². The zero-order valence-electron chi connectivity index (χ0n) is 9.77. The average molecular weight is 238 g/mol. The molecule has 1 aromatic rings. The van der Waals surface area contributed by atoms with Gasteiger partial charge in [0.05, 0.1) is 12.7 Å². The van der Waals surface area contributed by atoms with E-state index >= 15 is 0 Å². The van der Waals surface area contributed by atoms with Crippen LogP contribution in [0.4, 0.5) is 0 Å². The maximum absolute atomic E-state index is 9.25. The Labute approximate surface area is 101 Å². The molecule has 0 spiro atoms. The summed E-state index contributed by atoms with van der Waals surface area (Å²) in [5.41, 5.74) is 0. The Balaban J connectivity index is 1.97. The highest BCUT2D eigenvalue weighted by Gasteiger charge is 2.43. The second kappa shape index (κ2) is 4.68. The Bertz CT molecular complexity index is 341. The van der Waals surface area contributed by atoms with E-state index in [9.17, 15) is 5.11 Å². The van der Waals surface area contributed by atoms with Crippen LogP contribution in [-0.4, -0.2) is 22.6 Å². The monoisotopic (exact) mass is 238 g/mol. The smallest absolute Gasteiger partial charge is 0.119 e. The van der Waals surface area contributed by atoms with E-state index < -0.39 is 0 Å². The van der Waals surface area contributed by atoms with Gasteiger partial charge in [0.1, 0.15) is 5.75 Å². The molecule has 1 N–H and O–H groups in total. The molecule has 0 heterocycles. The number of hydrogen-bond donors (Lipinski definition) is 1. The van der Waals surface area contributed by atoms with Gasteiger partial charge in [-0.2, -0.15) is 0 Å². The summed E-state index contributed by atoms with van der Waals surface area (Å²) >= 11 is 1.78. The van der Waals surface area contributed by atoms with Gasteiger partial charge in [0, 0.05) is 9.64 Å². The van der Waals surface area contributed by atoms with Crippen LogP contribution in [0, 0.1) is 0 Å². The van der Waals surface area contributed by atoms with Crippen molar-refractivity contribution in [2.75, 3.05) is 6.61 Å². The second-order valence-electron chi connectivity index (χ2n) is 4.58. The third-order valence-corrected chi connectivity index (χ3v) is 4.10. The number of thioether (sulfide) groups is 1. The van der Waals surface area contributed by atoms with Gasteiger partial charge in [0.2, 0.25) is 0 Å². The first kappa shape index (κ1) is 11.8. The summed E-state index contributed by atoms with van der Waals surface area (Å²) in [6.45, 7) is 4.32. The maximum atomic E-state index is 9.25. The molecule has 2 nitrogen and oxygen atoms in total. The van der Waals surface area contributed by atoms with E-state index in [-0.39, 0.29) is 17.5 Å². The first-order valence-electron chi connectivity index (χ1n) is 5.70. The molecule has 0 unspecified atom stereocenters. The fourth-order valence-corrected chi connectivity index (χ4v) is 2.68. The number of hydrogen-bond acceptors (Lipinski definition) is 3. The van der Waals surface area contributed by atoms with Gasteiger partial charge in [-0.15, -0.1) is 11.8 Å². The van der Waals surface area contributed by atoms with E-state index in [0.29, 0.717) is 0 Å². The number of aliphatic hydroxyl groups excluding tert-OH is 1. The van der Waals surface area contributed by atoms with Crippen LogP contribution < -0.4 is 4.74 Å². The van der Waals surface area contributed by atoms with E-state index in [1.54, 1.807) is 11.8 Å². The third kappa shape index (κ3) is 2.92. The van der Waals surface area contributed by atoms with E-state index in [4.69, 9.17) is 4.74 Å². The number of rotatable bonds is 5. The molecule has 0 aliphatic heterocycles. The molecular weight excluding hydrogens is 220 g/mol. The summed E-state index contributed by atoms with van der Waals surface area (Å²) in [5.74, 6) is 0.910.